The fourth-order valence-corrected chi connectivity index (χ4v) is 3.01. The summed E-state index contributed by atoms with van der Waals surface area (Å²) in [6.45, 7) is 0. The maximum absolute atomic E-state index is 13.3. The van der Waals surface area contributed by atoms with Crippen molar-refractivity contribution in [1.29, 1.82) is 0 Å². The van der Waals surface area contributed by atoms with E-state index in [0.29, 0.717) is 5.82 Å². The molecular weight excluding hydrogens is 345 g/mol. The van der Waals surface area contributed by atoms with Crippen LogP contribution < -0.4 is 10.9 Å². The molecule has 0 radical (unpaired) electrons. The Balaban J connectivity index is 1.66. The van der Waals surface area contributed by atoms with Crippen LogP contribution in [0.2, 0.25) is 0 Å². The van der Waals surface area contributed by atoms with Gasteiger partial charge in [0.1, 0.15) is 17.3 Å². The van der Waals surface area contributed by atoms with Gasteiger partial charge in [-0.25, -0.2) is 9.37 Å². The van der Waals surface area contributed by atoms with Crippen molar-refractivity contribution in [3.05, 3.63) is 99.5 Å². The van der Waals surface area contributed by atoms with Crippen molar-refractivity contribution in [2.45, 2.75) is 24.8 Å². The van der Waals surface area contributed by atoms with Crippen LogP contribution in [0.5, 0.6) is 0 Å². The van der Waals surface area contributed by atoms with Crippen molar-refractivity contribution in [1.82, 2.24) is 15.3 Å². The first-order valence-corrected chi connectivity index (χ1v) is 8.83. The smallest absolute Gasteiger partial charge is 0.270 e. The summed E-state index contributed by atoms with van der Waals surface area (Å²) < 4.78 is 13.3. The molecule has 1 aliphatic rings. The van der Waals surface area contributed by atoms with Crippen LogP contribution in [0.3, 0.4) is 0 Å². The molecule has 2 N–H and O–H groups in total. The molecule has 6 heteroatoms. The van der Waals surface area contributed by atoms with Gasteiger partial charge in [0.05, 0.1) is 6.04 Å². The average molecular weight is 363 g/mol. The molecule has 0 aliphatic heterocycles. The van der Waals surface area contributed by atoms with E-state index >= 15 is 0 Å². The van der Waals surface area contributed by atoms with Gasteiger partial charge in [0.15, 0.2) is 0 Å². The number of hydrogen-bond donors (Lipinski definition) is 2. The number of H-pyrrole nitrogens is 1. The van der Waals surface area contributed by atoms with E-state index in [4.69, 9.17) is 0 Å². The number of carbonyl (C=O) groups is 1. The molecule has 136 valence electrons. The molecule has 1 aliphatic carbocycles. The van der Waals surface area contributed by atoms with Gasteiger partial charge in [-0.05, 0) is 36.1 Å². The van der Waals surface area contributed by atoms with Crippen molar-refractivity contribution in [3.63, 3.8) is 0 Å². The third kappa shape index (κ3) is 3.95. The van der Waals surface area contributed by atoms with Crippen LogP contribution in [0.4, 0.5) is 4.39 Å². The third-order valence-corrected chi connectivity index (χ3v) is 4.57. The van der Waals surface area contributed by atoms with E-state index in [-0.39, 0.29) is 23.0 Å². The Labute approximate surface area is 155 Å². The molecule has 1 heterocycles. The van der Waals surface area contributed by atoms with Crippen LogP contribution in [0.15, 0.2) is 65.5 Å². The second kappa shape index (κ2) is 7.15. The van der Waals surface area contributed by atoms with Gasteiger partial charge in [-0.3, -0.25) is 9.59 Å². The number of aromatic nitrogens is 2. The standard InChI is InChI=1S/C21H18FN3O2/c22-16-10-8-14(9-11-16)19(13-4-2-1-3-5-13)25-21(27)17-12-18(26)24-20(23-17)15-6-7-15/h1-5,8-12,15,19H,6-7H2,(H,25,27)(H,23,24,26). The average Bonchev–Trinajstić information content (AvgIpc) is 3.52. The maximum atomic E-state index is 13.3. The van der Waals surface area contributed by atoms with Crippen LogP contribution >= 0.6 is 0 Å². The zero-order valence-corrected chi connectivity index (χ0v) is 14.5. The van der Waals surface area contributed by atoms with Crippen LogP contribution in [-0.2, 0) is 0 Å². The molecule has 3 aromatic rings. The number of halogens is 1. The molecular formula is C21H18FN3O2. The van der Waals surface area contributed by atoms with E-state index in [1.54, 1.807) is 12.1 Å². The molecule has 1 amide bonds. The predicted octanol–water partition coefficient (Wildman–Crippen LogP) is 3.31. The fourth-order valence-electron chi connectivity index (χ4n) is 3.01. The minimum absolute atomic E-state index is 0.0868. The maximum Gasteiger partial charge on any atom is 0.270 e. The summed E-state index contributed by atoms with van der Waals surface area (Å²) in [5.74, 6) is 0.00145. The van der Waals surface area contributed by atoms with Crippen molar-refractivity contribution in [2.75, 3.05) is 0 Å². The van der Waals surface area contributed by atoms with E-state index < -0.39 is 11.9 Å². The minimum atomic E-state index is -0.482. The molecule has 0 bridgehead atoms. The molecule has 1 saturated carbocycles. The quantitative estimate of drug-likeness (QED) is 0.730. The summed E-state index contributed by atoms with van der Waals surface area (Å²) in [6, 6.07) is 16.1. The minimum Gasteiger partial charge on any atom is -0.340 e. The number of amides is 1. The fraction of sp³-hybridized carbons (Fsp3) is 0.190. The second-order valence-electron chi connectivity index (χ2n) is 6.66. The number of nitrogens with one attached hydrogen (secondary N) is 2. The van der Waals surface area contributed by atoms with Gasteiger partial charge in [-0.2, -0.15) is 0 Å². The number of aromatic amines is 1. The van der Waals surface area contributed by atoms with E-state index in [1.807, 2.05) is 30.3 Å². The molecule has 1 fully saturated rings. The first-order valence-electron chi connectivity index (χ1n) is 8.83. The number of benzene rings is 2. The molecule has 0 saturated heterocycles. The topological polar surface area (TPSA) is 74.8 Å². The van der Waals surface area contributed by atoms with Crippen LogP contribution in [0.25, 0.3) is 0 Å². The third-order valence-electron chi connectivity index (χ3n) is 4.57. The van der Waals surface area contributed by atoms with Crippen molar-refractivity contribution in [3.8, 4) is 0 Å². The second-order valence-corrected chi connectivity index (χ2v) is 6.66. The number of carbonyl (C=O) groups excluding carboxylic acids is 1. The Morgan fingerprint density at radius 3 is 2.41 bits per heavy atom. The Bertz CT molecular complexity index is 1010. The van der Waals surface area contributed by atoms with Crippen LogP contribution in [0.1, 0.15) is 52.2 Å². The summed E-state index contributed by atoms with van der Waals surface area (Å²) in [4.78, 5) is 31.7. The molecule has 2 aromatic carbocycles. The summed E-state index contributed by atoms with van der Waals surface area (Å²) in [5, 5.41) is 2.92. The predicted molar refractivity (Wildman–Crippen MR) is 99.0 cm³/mol. The van der Waals surface area contributed by atoms with E-state index in [1.165, 1.54) is 18.2 Å². The Morgan fingerprint density at radius 2 is 1.74 bits per heavy atom. The zero-order chi connectivity index (χ0) is 18.8. The summed E-state index contributed by atoms with van der Waals surface area (Å²) in [5.41, 5.74) is 1.34. The lowest BCUT2D eigenvalue weighted by Crippen LogP contribution is -2.31. The summed E-state index contributed by atoms with van der Waals surface area (Å²) >= 11 is 0. The lowest BCUT2D eigenvalue weighted by Gasteiger charge is -2.20. The van der Waals surface area contributed by atoms with Crippen molar-refractivity contribution >= 4 is 5.91 Å². The summed E-state index contributed by atoms with van der Waals surface area (Å²) in [7, 11) is 0. The van der Waals surface area contributed by atoms with Gasteiger partial charge >= 0.3 is 0 Å². The van der Waals surface area contributed by atoms with Crippen LogP contribution in [-0.4, -0.2) is 15.9 Å². The Hall–Kier alpha value is -3.28. The lowest BCUT2D eigenvalue weighted by molar-refractivity contribution is 0.0937. The van der Waals surface area contributed by atoms with Crippen molar-refractivity contribution < 1.29 is 9.18 Å². The molecule has 4 rings (SSSR count). The first kappa shape index (κ1) is 17.1. The van der Waals surface area contributed by atoms with Gasteiger partial charge in [-0.1, -0.05) is 42.5 Å². The highest BCUT2D eigenvalue weighted by Crippen LogP contribution is 2.37. The monoisotopic (exact) mass is 363 g/mol. The zero-order valence-electron chi connectivity index (χ0n) is 14.5. The van der Waals surface area contributed by atoms with Gasteiger partial charge in [0.2, 0.25) is 0 Å². The number of nitrogens with zero attached hydrogens (tertiary/aromatic N) is 1. The van der Waals surface area contributed by atoms with Crippen molar-refractivity contribution in [2.24, 2.45) is 0 Å². The van der Waals surface area contributed by atoms with Gasteiger partial charge < -0.3 is 10.3 Å². The van der Waals surface area contributed by atoms with E-state index in [2.05, 4.69) is 15.3 Å². The molecule has 5 nitrogen and oxygen atoms in total. The van der Waals surface area contributed by atoms with Crippen LogP contribution in [0, 0.1) is 5.82 Å². The van der Waals surface area contributed by atoms with Gasteiger partial charge in [0.25, 0.3) is 11.5 Å². The molecule has 1 atom stereocenters. The highest BCUT2D eigenvalue weighted by molar-refractivity contribution is 5.92. The highest BCUT2D eigenvalue weighted by Gasteiger charge is 2.27. The normalized spacial score (nSPS) is 14.6. The molecule has 27 heavy (non-hydrogen) atoms. The SMILES string of the molecule is O=C(NC(c1ccccc1)c1ccc(F)cc1)c1cc(=O)[nH]c(C2CC2)n1. The van der Waals surface area contributed by atoms with E-state index in [0.717, 1.165) is 24.0 Å². The summed E-state index contributed by atoms with van der Waals surface area (Å²) in [6.07, 6.45) is 1.94. The molecule has 1 aromatic heterocycles. The molecule has 0 spiro atoms. The largest absolute Gasteiger partial charge is 0.340 e. The first-order chi connectivity index (χ1) is 13.1. The van der Waals surface area contributed by atoms with E-state index in [9.17, 15) is 14.0 Å². The van der Waals surface area contributed by atoms with Gasteiger partial charge in [-0.15, -0.1) is 0 Å². The lowest BCUT2D eigenvalue weighted by atomic mass is 9.98. The van der Waals surface area contributed by atoms with Gasteiger partial charge in [0, 0.05) is 12.0 Å². The molecule has 1 unspecified atom stereocenters. The number of hydrogen-bond acceptors (Lipinski definition) is 3. The number of rotatable bonds is 5. The Morgan fingerprint density at radius 1 is 1.07 bits per heavy atom. The Kier molecular flexibility index (Phi) is 4.54. The highest BCUT2D eigenvalue weighted by atomic mass is 19.1.